The van der Waals surface area contributed by atoms with Crippen LogP contribution in [0.25, 0.3) is 0 Å². The molecule has 1 atom stereocenters. The van der Waals surface area contributed by atoms with Crippen LogP contribution in [0.1, 0.15) is 25.0 Å². The molecule has 1 aromatic heterocycles. The second kappa shape index (κ2) is 7.56. The molecular formula is C19H25N5O3S. The Morgan fingerprint density at radius 3 is 2.68 bits per heavy atom. The Morgan fingerprint density at radius 1 is 1.21 bits per heavy atom. The number of hydrogen-bond acceptors (Lipinski definition) is 5. The number of nitrogens with one attached hydrogen (secondary N) is 2. The normalized spacial score (nSPS) is 21.8. The van der Waals surface area contributed by atoms with E-state index in [0.29, 0.717) is 31.7 Å². The first kappa shape index (κ1) is 18.9. The van der Waals surface area contributed by atoms with E-state index in [9.17, 15) is 13.2 Å². The molecule has 9 heteroatoms. The van der Waals surface area contributed by atoms with Gasteiger partial charge in [0.2, 0.25) is 15.9 Å². The Bertz CT molecular complexity index is 963. The number of carbonyl (C=O) groups excluding carboxylic acids is 1. The zero-order valence-corrected chi connectivity index (χ0v) is 16.7. The van der Waals surface area contributed by atoms with Gasteiger partial charge in [0.15, 0.2) is 0 Å². The largest absolute Gasteiger partial charge is 0.368 e. The number of fused-ring (bicyclic) bond motifs is 1. The van der Waals surface area contributed by atoms with Crippen molar-refractivity contribution in [2.24, 2.45) is 5.92 Å². The third kappa shape index (κ3) is 3.77. The molecule has 2 N–H and O–H groups in total. The topological polar surface area (TPSA) is 96.3 Å². The number of anilines is 1. The number of aromatic nitrogens is 2. The lowest BCUT2D eigenvalue weighted by atomic mass is 9.93. The van der Waals surface area contributed by atoms with Crippen LogP contribution in [0, 0.1) is 12.8 Å². The monoisotopic (exact) mass is 403 g/mol. The number of piperidine rings is 1. The molecule has 0 bridgehead atoms. The zero-order chi connectivity index (χ0) is 19.7. The predicted molar refractivity (Wildman–Crippen MR) is 105 cm³/mol. The number of benzene rings is 1. The molecule has 2 aromatic rings. The lowest BCUT2D eigenvalue weighted by Gasteiger charge is -2.39. The van der Waals surface area contributed by atoms with Crippen molar-refractivity contribution >= 4 is 21.6 Å². The number of nitrogens with zero attached hydrogens (tertiary/aromatic N) is 3. The Kier molecular flexibility index (Phi) is 5.11. The maximum atomic E-state index is 12.5. The van der Waals surface area contributed by atoms with Crippen molar-refractivity contribution in [1.82, 2.24) is 19.4 Å². The Morgan fingerprint density at radius 2 is 1.96 bits per heavy atom. The van der Waals surface area contributed by atoms with Gasteiger partial charge in [0, 0.05) is 37.9 Å². The summed E-state index contributed by atoms with van der Waals surface area (Å²) in [7, 11) is -3.51. The van der Waals surface area contributed by atoms with Gasteiger partial charge < -0.3 is 10.2 Å². The number of hydrogen-bond donors (Lipinski definition) is 2. The quantitative estimate of drug-likeness (QED) is 0.807. The van der Waals surface area contributed by atoms with Crippen LogP contribution in [0.15, 0.2) is 41.4 Å². The van der Waals surface area contributed by atoms with E-state index in [1.807, 2.05) is 28.6 Å². The molecule has 1 amide bonds. The maximum absolute atomic E-state index is 12.5. The predicted octanol–water partition coefficient (Wildman–Crippen LogP) is 1.55. The summed E-state index contributed by atoms with van der Waals surface area (Å²) in [4.78, 5) is 14.7. The summed E-state index contributed by atoms with van der Waals surface area (Å²) in [5.41, 5.74) is 1.68. The summed E-state index contributed by atoms with van der Waals surface area (Å²) < 4.78 is 29.6. The Hall–Kier alpha value is -2.39. The lowest BCUT2D eigenvalue weighted by molar-refractivity contribution is -0.133. The molecule has 1 aromatic carbocycles. The average molecular weight is 404 g/mol. The summed E-state index contributed by atoms with van der Waals surface area (Å²) in [5, 5.41) is 7.52. The third-order valence-corrected chi connectivity index (χ3v) is 7.10. The van der Waals surface area contributed by atoms with Crippen molar-refractivity contribution < 1.29 is 13.2 Å². The standard InChI is InChI=1S/C19H25N5O3S/c1-14-6-10-20-24(14)13-9-18(25)23-11-7-15(8-12-23)19-21-16-4-2-3-5-17(16)28(26,27)22-19/h2-6,10,15,19,21-22H,7-9,11-13H2,1H3. The highest BCUT2D eigenvalue weighted by molar-refractivity contribution is 7.89. The summed E-state index contributed by atoms with van der Waals surface area (Å²) >= 11 is 0. The molecule has 1 saturated heterocycles. The lowest BCUT2D eigenvalue weighted by Crippen LogP contribution is -2.52. The van der Waals surface area contributed by atoms with Gasteiger partial charge in [0.05, 0.1) is 11.9 Å². The highest BCUT2D eigenvalue weighted by Crippen LogP contribution is 2.30. The minimum atomic E-state index is -3.51. The molecule has 28 heavy (non-hydrogen) atoms. The molecule has 0 aliphatic carbocycles. The van der Waals surface area contributed by atoms with Gasteiger partial charge in [0.25, 0.3) is 0 Å². The highest BCUT2D eigenvalue weighted by Gasteiger charge is 2.35. The van der Waals surface area contributed by atoms with E-state index in [1.54, 1.807) is 24.4 Å². The van der Waals surface area contributed by atoms with E-state index in [2.05, 4.69) is 15.1 Å². The van der Waals surface area contributed by atoms with Gasteiger partial charge >= 0.3 is 0 Å². The van der Waals surface area contributed by atoms with Crippen molar-refractivity contribution in [3.05, 3.63) is 42.2 Å². The fourth-order valence-corrected chi connectivity index (χ4v) is 5.32. The van der Waals surface area contributed by atoms with Crippen molar-refractivity contribution in [3.8, 4) is 0 Å². The van der Waals surface area contributed by atoms with Gasteiger partial charge in [-0.2, -0.15) is 9.82 Å². The van der Waals surface area contributed by atoms with Crippen molar-refractivity contribution in [1.29, 1.82) is 0 Å². The van der Waals surface area contributed by atoms with Crippen LogP contribution in [0.3, 0.4) is 0 Å². The zero-order valence-electron chi connectivity index (χ0n) is 15.8. The van der Waals surface area contributed by atoms with Crippen molar-refractivity contribution in [2.45, 2.75) is 43.8 Å². The summed E-state index contributed by atoms with van der Waals surface area (Å²) in [6.45, 7) is 3.84. The summed E-state index contributed by atoms with van der Waals surface area (Å²) in [6, 6.07) is 8.85. The number of carbonyl (C=O) groups is 1. The van der Waals surface area contributed by atoms with Crippen LogP contribution >= 0.6 is 0 Å². The number of amides is 1. The van der Waals surface area contributed by atoms with Gasteiger partial charge in [-0.15, -0.1) is 0 Å². The molecule has 1 unspecified atom stereocenters. The number of para-hydroxylation sites is 1. The summed E-state index contributed by atoms with van der Waals surface area (Å²) in [5.74, 6) is 0.261. The van der Waals surface area contributed by atoms with Gasteiger partial charge in [-0.25, -0.2) is 8.42 Å². The minimum absolute atomic E-state index is 0.121. The maximum Gasteiger partial charge on any atom is 0.244 e. The minimum Gasteiger partial charge on any atom is -0.368 e. The highest BCUT2D eigenvalue weighted by atomic mass is 32.2. The van der Waals surface area contributed by atoms with Gasteiger partial charge in [-0.1, -0.05) is 12.1 Å². The molecular weight excluding hydrogens is 378 g/mol. The fourth-order valence-electron chi connectivity index (χ4n) is 3.94. The van der Waals surface area contributed by atoms with Crippen LogP contribution in [-0.4, -0.2) is 48.3 Å². The van der Waals surface area contributed by atoms with Crippen molar-refractivity contribution in [2.75, 3.05) is 18.4 Å². The molecule has 0 radical (unpaired) electrons. The van der Waals surface area contributed by atoms with Gasteiger partial charge in [0.1, 0.15) is 4.90 Å². The van der Waals surface area contributed by atoms with Crippen LogP contribution in [0.2, 0.25) is 0 Å². The average Bonchev–Trinajstić information content (AvgIpc) is 3.10. The molecule has 3 heterocycles. The molecule has 8 nitrogen and oxygen atoms in total. The first-order chi connectivity index (χ1) is 13.4. The summed E-state index contributed by atoms with van der Waals surface area (Å²) in [6.07, 6.45) is 3.34. The van der Waals surface area contributed by atoms with Crippen LogP contribution in [0.4, 0.5) is 5.69 Å². The fraction of sp³-hybridized carbons (Fsp3) is 0.474. The van der Waals surface area contributed by atoms with Crippen molar-refractivity contribution in [3.63, 3.8) is 0 Å². The van der Waals surface area contributed by atoms with E-state index in [4.69, 9.17) is 0 Å². The Labute approximate surface area is 165 Å². The smallest absolute Gasteiger partial charge is 0.244 e. The van der Waals surface area contributed by atoms with E-state index >= 15 is 0 Å². The van der Waals surface area contributed by atoms with E-state index in [0.717, 1.165) is 18.5 Å². The molecule has 2 aliphatic rings. The molecule has 150 valence electrons. The molecule has 1 fully saturated rings. The molecule has 0 saturated carbocycles. The molecule has 0 spiro atoms. The second-order valence-corrected chi connectivity index (χ2v) is 9.09. The van der Waals surface area contributed by atoms with E-state index in [-0.39, 0.29) is 22.9 Å². The number of aryl methyl sites for hydroxylation is 2. The third-order valence-electron chi connectivity index (χ3n) is 5.60. The van der Waals surface area contributed by atoms with Crippen LogP contribution in [-0.2, 0) is 21.4 Å². The number of likely N-dealkylation sites (tertiary alicyclic amines) is 1. The molecule has 4 rings (SSSR count). The van der Waals surface area contributed by atoms with Gasteiger partial charge in [-0.3, -0.25) is 9.48 Å². The van der Waals surface area contributed by atoms with Crippen LogP contribution < -0.4 is 10.0 Å². The number of rotatable bonds is 4. The second-order valence-electron chi connectivity index (χ2n) is 7.40. The van der Waals surface area contributed by atoms with E-state index < -0.39 is 10.0 Å². The first-order valence-corrected chi connectivity index (χ1v) is 11.1. The van der Waals surface area contributed by atoms with Gasteiger partial charge in [-0.05, 0) is 43.9 Å². The number of sulfonamides is 1. The Balaban J connectivity index is 1.33. The van der Waals surface area contributed by atoms with E-state index in [1.165, 1.54) is 0 Å². The SMILES string of the molecule is Cc1ccnn1CCC(=O)N1CCC(C2Nc3ccccc3S(=O)(=O)N2)CC1. The molecule has 2 aliphatic heterocycles. The van der Waals surface area contributed by atoms with Crippen LogP contribution in [0.5, 0.6) is 0 Å². The first-order valence-electron chi connectivity index (χ1n) is 9.58.